The van der Waals surface area contributed by atoms with Crippen LogP contribution in [0.2, 0.25) is 5.15 Å². The van der Waals surface area contributed by atoms with Gasteiger partial charge in [0.25, 0.3) is 0 Å². The van der Waals surface area contributed by atoms with Crippen LogP contribution >= 0.6 is 11.6 Å². The number of anilines is 1. The second-order valence-corrected chi connectivity index (χ2v) is 7.36. The molecule has 2 rings (SSSR count). The Kier molecular flexibility index (Phi) is 5.10. The van der Waals surface area contributed by atoms with Crippen LogP contribution in [0, 0.1) is 12.8 Å². The molecule has 1 atom stereocenters. The molecule has 0 radical (unpaired) electrons. The van der Waals surface area contributed by atoms with E-state index in [-0.39, 0.29) is 12.0 Å². The highest BCUT2D eigenvalue weighted by atomic mass is 35.5. The summed E-state index contributed by atoms with van der Waals surface area (Å²) in [5.41, 5.74) is 0.834. The van der Waals surface area contributed by atoms with E-state index in [0.29, 0.717) is 11.1 Å². The molecule has 4 nitrogen and oxygen atoms in total. The largest absolute Gasteiger partial charge is 0.396 e. The van der Waals surface area contributed by atoms with E-state index in [9.17, 15) is 0 Å². The lowest BCUT2D eigenvalue weighted by molar-refractivity contribution is 0.244. The summed E-state index contributed by atoms with van der Waals surface area (Å²) in [6.45, 7) is 10.5. The summed E-state index contributed by atoms with van der Waals surface area (Å²) >= 11 is 6.32. The average molecular weight is 312 g/mol. The molecule has 0 saturated carbocycles. The van der Waals surface area contributed by atoms with Crippen LogP contribution < -0.4 is 4.90 Å². The monoisotopic (exact) mass is 311 g/mol. The lowest BCUT2D eigenvalue weighted by Gasteiger charge is -2.35. The molecule has 0 aliphatic carbocycles. The van der Waals surface area contributed by atoms with Gasteiger partial charge in [-0.1, -0.05) is 32.4 Å². The second kappa shape index (κ2) is 6.49. The molecule has 21 heavy (non-hydrogen) atoms. The van der Waals surface area contributed by atoms with Gasteiger partial charge in [-0.2, -0.15) is 0 Å². The first-order valence-electron chi connectivity index (χ1n) is 7.73. The third-order valence-corrected chi connectivity index (χ3v) is 4.46. The first kappa shape index (κ1) is 16.5. The molecule has 5 heteroatoms. The summed E-state index contributed by atoms with van der Waals surface area (Å²) in [6, 6.07) is 0. The summed E-state index contributed by atoms with van der Waals surface area (Å²) in [5.74, 6) is 2.29. The normalized spacial score (nSPS) is 19.9. The zero-order valence-corrected chi connectivity index (χ0v) is 14.2. The predicted octanol–water partition coefficient (Wildman–Crippen LogP) is 3.33. The third-order valence-electron chi connectivity index (χ3n) is 4.09. The third kappa shape index (κ3) is 3.86. The smallest absolute Gasteiger partial charge is 0.137 e. The Morgan fingerprint density at radius 3 is 2.67 bits per heavy atom. The number of rotatable bonds is 3. The molecule has 1 aromatic heterocycles. The number of piperidine rings is 1. The van der Waals surface area contributed by atoms with E-state index in [1.807, 2.05) is 6.92 Å². The van der Waals surface area contributed by atoms with Crippen LogP contribution in [-0.4, -0.2) is 34.8 Å². The molecule has 118 valence electrons. The van der Waals surface area contributed by atoms with Gasteiger partial charge in [0.2, 0.25) is 0 Å². The van der Waals surface area contributed by atoms with Crippen LogP contribution in [0.1, 0.15) is 51.4 Å². The van der Waals surface area contributed by atoms with Crippen LogP contribution in [0.3, 0.4) is 0 Å². The molecule has 1 aliphatic rings. The molecule has 1 aromatic rings. The van der Waals surface area contributed by atoms with E-state index in [1.165, 1.54) is 6.42 Å². The van der Waals surface area contributed by atoms with Crippen LogP contribution in [-0.2, 0) is 5.41 Å². The van der Waals surface area contributed by atoms with Crippen molar-refractivity contribution in [3.05, 3.63) is 16.5 Å². The van der Waals surface area contributed by atoms with Gasteiger partial charge in [0.15, 0.2) is 0 Å². The Morgan fingerprint density at radius 2 is 2.05 bits per heavy atom. The molecule has 1 fully saturated rings. The van der Waals surface area contributed by atoms with Crippen molar-refractivity contribution in [1.29, 1.82) is 0 Å². The van der Waals surface area contributed by atoms with Gasteiger partial charge in [-0.3, -0.25) is 0 Å². The average Bonchev–Trinajstić information content (AvgIpc) is 2.41. The van der Waals surface area contributed by atoms with E-state index in [1.54, 1.807) is 0 Å². The summed E-state index contributed by atoms with van der Waals surface area (Å²) in [5, 5.41) is 9.71. The van der Waals surface area contributed by atoms with Crippen molar-refractivity contribution >= 4 is 17.4 Å². The molecule has 0 amide bonds. The summed E-state index contributed by atoms with van der Waals surface area (Å²) in [4.78, 5) is 11.5. The first-order chi connectivity index (χ1) is 9.82. The molecule has 1 aliphatic heterocycles. The Hall–Kier alpha value is -0.870. The van der Waals surface area contributed by atoms with Crippen molar-refractivity contribution in [1.82, 2.24) is 9.97 Å². The van der Waals surface area contributed by atoms with Crippen LogP contribution in [0.15, 0.2) is 0 Å². The number of hydrogen-bond acceptors (Lipinski definition) is 4. The number of aromatic nitrogens is 2. The maximum atomic E-state index is 9.16. The highest BCUT2D eigenvalue weighted by molar-refractivity contribution is 6.30. The van der Waals surface area contributed by atoms with E-state index < -0.39 is 0 Å². The van der Waals surface area contributed by atoms with Crippen LogP contribution in [0.4, 0.5) is 5.82 Å². The maximum absolute atomic E-state index is 9.16. The van der Waals surface area contributed by atoms with Gasteiger partial charge in [-0.15, -0.1) is 0 Å². The summed E-state index contributed by atoms with van der Waals surface area (Å²) < 4.78 is 0. The molecule has 1 N–H and O–H groups in total. The molecule has 0 spiro atoms. The van der Waals surface area contributed by atoms with E-state index in [2.05, 4.69) is 30.7 Å². The van der Waals surface area contributed by atoms with Gasteiger partial charge in [-0.25, -0.2) is 9.97 Å². The second-order valence-electron chi connectivity index (χ2n) is 7.00. The molecule has 0 bridgehead atoms. The Morgan fingerprint density at radius 1 is 1.33 bits per heavy atom. The maximum Gasteiger partial charge on any atom is 0.137 e. The quantitative estimate of drug-likeness (QED) is 0.870. The lowest BCUT2D eigenvalue weighted by atomic mass is 9.94. The zero-order valence-electron chi connectivity index (χ0n) is 13.5. The minimum absolute atomic E-state index is 0.119. The highest BCUT2D eigenvalue weighted by Crippen LogP contribution is 2.31. The van der Waals surface area contributed by atoms with Crippen molar-refractivity contribution < 1.29 is 5.11 Å². The Bertz CT molecular complexity index is 497. The van der Waals surface area contributed by atoms with Gasteiger partial charge in [0, 0.05) is 30.7 Å². The number of aliphatic hydroxyl groups is 1. The van der Waals surface area contributed by atoms with Gasteiger partial charge >= 0.3 is 0 Å². The SMILES string of the molecule is Cc1c(Cl)nc(C(C)(C)C)nc1N1CCCC(CCO)C1. The van der Waals surface area contributed by atoms with Crippen molar-refractivity contribution in [2.24, 2.45) is 5.92 Å². The number of hydrogen-bond donors (Lipinski definition) is 1. The van der Waals surface area contributed by atoms with Gasteiger partial charge in [0.1, 0.15) is 16.8 Å². The van der Waals surface area contributed by atoms with Crippen molar-refractivity contribution in [3.63, 3.8) is 0 Å². The first-order valence-corrected chi connectivity index (χ1v) is 8.11. The minimum atomic E-state index is -0.119. The fourth-order valence-corrected chi connectivity index (χ4v) is 2.96. The minimum Gasteiger partial charge on any atom is -0.396 e. The summed E-state index contributed by atoms with van der Waals surface area (Å²) in [7, 11) is 0. The number of nitrogens with zero attached hydrogens (tertiary/aromatic N) is 3. The molecule has 2 heterocycles. The molecule has 1 saturated heterocycles. The van der Waals surface area contributed by atoms with Crippen LogP contribution in [0.25, 0.3) is 0 Å². The molecule has 1 unspecified atom stereocenters. The van der Waals surface area contributed by atoms with E-state index in [0.717, 1.165) is 43.1 Å². The zero-order chi connectivity index (χ0) is 15.6. The molecule has 0 aromatic carbocycles. The summed E-state index contributed by atoms with van der Waals surface area (Å²) in [6.07, 6.45) is 3.18. The van der Waals surface area contributed by atoms with Crippen molar-refractivity contribution in [3.8, 4) is 0 Å². The van der Waals surface area contributed by atoms with E-state index in [4.69, 9.17) is 21.7 Å². The molecular formula is C16H26ClN3O. The topological polar surface area (TPSA) is 49.2 Å². The van der Waals surface area contributed by atoms with Crippen molar-refractivity contribution in [2.45, 2.75) is 52.4 Å². The van der Waals surface area contributed by atoms with Gasteiger partial charge in [-0.05, 0) is 32.1 Å². The van der Waals surface area contributed by atoms with Gasteiger partial charge in [0.05, 0.1) is 0 Å². The highest BCUT2D eigenvalue weighted by Gasteiger charge is 2.26. The standard InChI is InChI=1S/C16H26ClN3O/c1-11-13(17)18-15(16(2,3)4)19-14(11)20-8-5-6-12(10-20)7-9-21/h12,21H,5-10H2,1-4H3. The predicted molar refractivity (Wildman–Crippen MR) is 87.1 cm³/mol. The van der Waals surface area contributed by atoms with Gasteiger partial charge < -0.3 is 10.0 Å². The fourth-order valence-electron chi connectivity index (χ4n) is 2.80. The molecular weight excluding hydrogens is 286 g/mol. The van der Waals surface area contributed by atoms with Crippen LogP contribution in [0.5, 0.6) is 0 Å². The Balaban J connectivity index is 2.32. The fraction of sp³-hybridized carbons (Fsp3) is 0.750. The van der Waals surface area contributed by atoms with Crippen molar-refractivity contribution in [2.75, 3.05) is 24.6 Å². The number of aliphatic hydroxyl groups excluding tert-OH is 1. The lowest BCUT2D eigenvalue weighted by Crippen LogP contribution is -2.37. The van der Waals surface area contributed by atoms with E-state index >= 15 is 0 Å². The Labute approximate surface area is 132 Å². The number of halogens is 1.